The van der Waals surface area contributed by atoms with E-state index < -0.39 is 22.5 Å². The van der Waals surface area contributed by atoms with E-state index in [0.717, 1.165) is 36.4 Å². The van der Waals surface area contributed by atoms with Crippen LogP contribution < -0.4 is 20.4 Å². The minimum Gasteiger partial charge on any atom is -0.543 e. The van der Waals surface area contributed by atoms with E-state index in [1.54, 1.807) is 18.3 Å². The zero-order valence-electron chi connectivity index (χ0n) is 30.4. The van der Waals surface area contributed by atoms with Crippen LogP contribution in [0.2, 0.25) is 36.3 Å². The summed E-state index contributed by atoms with van der Waals surface area (Å²) >= 11 is 0. The molecule has 11 heteroatoms. The topological polar surface area (TPSA) is 87.8 Å². The number of rotatable bonds is 11. The van der Waals surface area contributed by atoms with Gasteiger partial charge in [-0.3, -0.25) is 9.69 Å². The maximum absolute atomic E-state index is 15.3. The average molecular weight is 680 g/mol. The summed E-state index contributed by atoms with van der Waals surface area (Å²) in [4.78, 5) is 20.5. The SMILES string of the molecule is CCN(CCO[Si](C)(C)C(C)(C)C)Cc1ccc2c(c1)NC(=O)c1c(Nc3cc(O[Si](C)(C)C(C)(C)C)c(C)cc3F)ccnc1N2. The van der Waals surface area contributed by atoms with Gasteiger partial charge in [-0.05, 0) is 85.1 Å². The second-order valence-corrected chi connectivity index (χ2v) is 25.1. The molecule has 4 rings (SSSR count). The van der Waals surface area contributed by atoms with Crippen LogP contribution in [0.4, 0.5) is 33.0 Å². The van der Waals surface area contributed by atoms with Crippen molar-refractivity contribution in [2.24, 2.45) is 0 Å². The van der Waals surface area contributed by atoms with Gasteiger partial charge in [0.25, 0.3) is 5.91 Å². The molecule has 0 unspecified atom stereocenters. The average Bonchev–Trinajstić information content (AvgIpc) is 3.09. The maximum atomic E-state index is 15.3. The third-order valence-corrected chi connectivity index (χ3v) is 18.9. The minimum atomic E-state index is -2.17. The number of carbonyl (C=O) groups excluding carboxylic acids is 1. The molecule has 2 aromatic carbocycles. The zero-order chi connectivity index (χ0) is 34.9. The van der Waals surface area contributed by atoms with Crippen molar-refractivity contribution < 1.29 is 18.0 Å². The molecule has 0 atom stereocenters. The number of nitrogens with zero attached hydrogens (tertiary/aromatic N) is 2. The van der Waals surface area contributed by atoms with Crippen LogP contribution in [0.15, 0.2) is 42.6 Å². The fraction of sp³-hybridized carbons (Fsp3) is 0.500. The normalized spacial score (nSPS) is 13.8. The molecule has 0 radical (unpaired) electrons. The summed E-state index contributed by atoms with van der Waals surface area (Å²) in [5.41, 5.74) is 4.17. The highest BCUT2D eigenvalue weighted by atomic mass is 28.4. The summed E-state index contributed by atoms with van der Waals surface area (Å²) in [6, 6.07) is 10.9. The number of carbonyl (C=O) groups is 1. The van der Waals surface area contributed by atoms with Crippen molar-refractivity contribution in [1.29, 1.82) is 0 Å². The Kier molecular flexibility index (Phi) is 10.7. The zero-order valence-corrected chi connectivity index (χ0v) is 32.4. The number of pyridine rings is 1. The predicted octanol–water partition coefficient (Wildman–Crippen LogP) is 9.81. The number of hydrogen-bond acceptors (Lipinski definition) is 7. The number of benzene rings is 2. The second-order valence-electron chi connectivity index (χ2n) is 15.6. The first kappa shape index (κ1) is 36.6. The number of hydrogen-bond donors (Lipinski definition) is 3. The monoisotopic (exact) mass is 679 g/mol. The molecule has 0 aliphatic carbocycles. The highest BCUT2D eigenvalue weighted by molar-refractivity contribution is 6.75. The van der Waals surface area contributed by atoms with Crippen LogP contribution in [0.5, 0.6) is 5.75 Å². The third kappa shape index (κ3) is 8.43. The van der Waals surface area contributed by atoms with E-state index in [2.05, 4.69) is 107 Å². The number of aromatic nitrogens is 1. The van der Waals surface area contributed by atoms with Crippen LogP contribution >= 0.6 is 0 Å². The summed E-state index contributed by atoms with van der Waals surface area (Å²) in [6.45, 7) is 29.3. The molecule has 8 nitrogen and oxygen atoms in total. The van der Waals surface area contributed by atoms with E-state index >= 15 is 4.39 Å². The highest BCUT2D eigenvalue weighted by Crippen LogP contribution is 2.41. The molecule has 47 heavy (non-hydrogen) atoms. The van der Waals surface area contributed by atoms with Gasteiger partial charge in [0, 0.05) is 32.0 Å². The molecule has 0 spiro atoms. The standard InChI is InChI=1S/C36H54FN5O3Si2/c1-13-42(18-19-44-46(9,10)35(3,4)5)23-25-14-15-27-30(21-25)41-34(43)32-28(16-17-38-33(32)40-27)39-29-22-31(24(2)20-26(29)37)45-47(11,12)36(6,7)8/h14-17,20-22H,13,18-19,23H2,1-12H3,(H,41,43)(H2,38,39,40). The molecular formula is C36H54FN5O3Si2. The highest BCUT2D eigenvalue weighted by Gasteiger charge is 2.39. The first-order chi connectivity index (χ1) is 21.7. The fourth-order valence-corrected chi connectivity index (χ4v) is 6.90. The lowest BCUT2D eigenvalue weighted by Crippen LogP contribution is -2.44. The van der Waals surface area contributed by atoms with Gasteiger partial charge in [-0.1, -0.05) is 54.5 Å². The van der Waals surface area contributed by atoms with Crippen LogP contribution in [0.3, 0.4) is 0 Å². The summed E-state index contributed by atoms with van der Waals surface area (Å²) in [7, 11) is -3.98. The Bertz CT molecular complexity index is 1620. The lowest BCUT2D eigenvalue weighted by Gasteiger charge is -2.37. The molecule has 0 fully saturated rings. The van der Waals surface area contributed by atoms with Crippen molar-refractivity contribution in [1.82, 2.24) is 9.88 Å². The van der Waals surface area contributed by atoms with Crippen LogP contribution in [-0.2, 0) is 11.0 Å². The van der Waals surface area contributed by atoms with Gasteiger partial charge in [-0.15, -0.1) is 0 Å². The van der Waals surface area contributed by atoms with Gasteiger partial charge in [0.2, 0.25) is 8.32 Å². The maximum Gasteiger partial charge on any atom is 0.261 e. The van der Waals surface area contributed by atoms with Gasteiger partial charge < -0.3 is 24.8 Å². The first-order valence-corrected chi connectivity index (χ1v) is 22.4. The van der Waals surface area contributed by atoms with Gasteiger partial charge in [0.15, 0.2) is 8.32 Å². The Morgan fingerprint density at radius 1 is 0.915 bits per heavy atom. The van der Waals surface area contributed by atoms with Crippen LogP contribution in [-0.4, -0.2) is 52.1 Å². The molecule has 1 amide bonds. The first-order valence-electron chi connectivity index (χ1n) is 16.6. The predicted molar refractivity (Wildman–Crippen MR) is 198 cm³/mol. The lowest BCUT2D eigenvalue weighted by molar-refractivity contribution is 0.102. The van der Waals surface area contributed by atoms with Crippen molar-refractivity contribution in [3.05, 3.63) is 65.1 Å². The van der Waals surface area contributed by atoms with E-state index in [0.29, 0.717) is 35.1 Å². The summed E-state index contributed by atoms with van der Waals surface area (Å²) in [5.74, 6) is 0.262. The lowest BCUT2D eigenvalue weighted by atomic mass is 10.1. The third-order valence-electron chi connectivity index (χ3n) is 10.00. The number of amides is 1. The van der Waals surface area contributed by atoms with Crippen molar-refractivity contribution in [3.8, 4) is 5.75 Å². The number of fused-ring (bicyclic) bond motifs is 2. The number of likely N-dealkylation sites (N-methyl/N-ethyl adjacent to an activating group) is 1. The second kappa shape index (κ2) is 13.7. The number of aryl methyl sites for hydroxylation is 1. The van der Waals surface area contributed by atoms with E-state index in [-0.39, 0.29) is 21.7 Å². The summed E-state index contributed by atoms with van der Waals surface area (Å²) in [6.07, 6.45) is 1.60. The van der Waals surface area contributed by atoms with E-state index in [1.165, 1.54) is 6.07 Å². The van der Waals surface area contributed by atoms with Crippen LogP contribution in [0.25, 0.3) is 0 Å². The van der Waals surface area contributed by atoms with Crippen molar-refractivity contribution >= 4 is 51.1 Å². The van der Waals surface area contributed by atoms with Gasteiger partial charge in [-0.25, -0.2) is 9.37 Å². The van der Waals surface area contributed by atoms with Gasteiger partial charge in [0.1, 0.15) is 22.9 Å². The molecule has 0 saturated heterocycles. The van der Waals surface area contributed by atoms with Crippen molar-refractivity contribution in [2.75, 3.05) is 35.6 Å². The number of halogens is 1. The Hall–Kier alpha value is -3.26. The molecule has 1 aliphatic rings. The van der Waals surface area contributed by atoms with Gasteiger partial charge in [-0.2, -0.15) is 0 Å². The molecule has 3 N–H and O–H groups in total. The molecule has 1 aromatic heterocycles. The minimum absolute atomic E-state index is 0.0175. The molecule has 1 aliphatic heterocycles. The fourth-order valence-electron chi connectivity index (χ4n) is 4.79. The smallest absolute Gasteiger partial charge is 0.261 e. The van der Waals surface area contributed by atoms with Gasteiger partial charge in [0.05, 0.1) is 22.7 Å². The van der Waals surface area contributed by atoms with Crippen LogP contribution in [0, 0.1) is 12.7 Å². The molecule has 0 bridgehead atoms. The Labute approximate surface area is 283 Å². The molecular weight excluding hydrogens is 626 g/mol. The van der Waals surface area contributed by atoms with Crippen LogP contribution in [0.1, 0.15) is 70.0 Å². The van der Waals surface area contributed by atoms with E-state index in [9.17, 15) is 4.79 Å². The largest absolute Gasteiger partial charge is 0.543 e. The molecule has 256 valence electrons. The quantitative estimate of drug-likeness (QED) is 0.174. The van der Waals surface area contributed by atoms with Crippen molar-refractivity contribution in [2.45, 2.75) is 98.2 Å². The van der Waals surface area contributed by atoms with Crippen molar-refractivity contribution in [3.63, 3.8) is 0 Å². The number of anilines is 5. The summed E-state index contributed by atoms with van der Waals surface area (Å²) in [5, 5.41) is 9.71. The molecule has 2 heterocycles. The Morgan fingerprint density at radius 3 is 2.23 bits per heavy atom. The summed E-state index contributed by atoms with van der Waals surface area (Å²) < 4.78 is 28.3. The molecule has 0 saturated carbocycles. The Balaban J connectivity index is 1.53. The van der Waals surface area contributed by atoms with Gasteiger partial charge >= 0.3 is 0 Å². The number of nitrogens with one attached hydrogen (secondary N) is 3. The van der Waals surface area contributed by atoms with E-state index in [4.69, 9.17) is 8.85 Å². The Morgan fingerprint density at radius 2 is 1.60 bits per heavy atom. The molecule has 3 aromatic rings. The van der Waals surface area contributed by atoms with E-state index in [1.807, 2.05) is 19.1 Å².